The Hall–Kier alpha value is -1.71. The molecule has 4 nitrogen and oxygen atoms in total. The number of aryl methyl sites for hydroxylation is 2. The van der Waals surface area contributed by atoms with Crippen molar-refractivity contribution in [1.29, 1.82) is 0 Å². The van der Waals surface area contributed by atoms with Crippen LogP contribution in [0.15, 0.2) is 69.9 Å². The van der Waals surface area contributed by atoms with Crippen molar-refractivity contribution in [3.63, 3.8) is 0 Å². The van der Waals surface area contributed by atoms with Gasteiger partial charge in [-0.3, -0.25) is 0 Å². The van der Waals surface area contributed by atoms with Crippen molar-refractivity contribution in [2.45, 2.75) is 36.6 Å². The average molecular weight is 478 g/mol. The van der Waals surface area contributed by atoms with Crippen molar-refractivity contribution >= 4 is 54.1 Å². The van der Waals surface area contributed by atoms with E-state index in [0.29, 0.717) is 0 Å². The molecule has 30 heavy (non-hydrogen) atoms. The van der Waals surface area contributed by atoms with E-state index in [1.807, 2.05) is 41.4 Å². The number of fused-ring (bicyclic) bond motifs is 1. The SMILES string of the molecule is CCSc1sc2cc(-c3ccccc3)sc2[n+]1CC.Cc1ccc(S(=O)(=O)[O-])cc1. The third-order valence-electron chi connectivity index (χ3n) is 4.29. The highest BCUT2D eigenvalue weighted by Crippen LogP contribution is 2.37. The predicted octanol–water partition coefficient (Wildman–Crippen LogP) is 5.95. The average Bonchev–Trinajstić information content (AvgIpc) is 3.26. The van der Waals surface area contributed by atoms with Gasteiger partial charge in [0.25, 0.3) is 9.17 Å². The summed E-state index contributed by atoms with van der Waals surface area (Å²) in [4.78, 5) is 2.61. The van der Waals surface area contributed by atoms with Crippen LogP contribution in [-0.4, -0.2) is 18.7 Å². The van der Waals surface area contributed by atoms with E-state index in [-0.39, 0.29) is 4.90 Å². The molecule has 0 amide bonds. The number of aromatic nitrogens is 1. The Kier molecular flexibility index (Phi) is 7.70. The van der Waals surface area contributed by atoms with Crippen LogP contribution in [-0.2, 0) is 16.7 Å². The van der Waals surface area contributed by atoms with Crippen LogP contribution in [0.5, 0.6) is 0 Å². The number of nitrogens with zero attached hydrogens (tertiary/aromatic N) is 1. The fraction of sp³-hybridized carbons (Fsp3) is 0.227. The Morgan fingerprint density at radius 3 is 2.23 bits per heavy atom. The van der Waals surface area contributed by atoms with Gasteiger partial charge in [-0.15, -0.1) is 0 Å². The Labute approximate surface area is 190 Å². The molecule has 0 aliphatic heterocycles. The molecule has 0 aliphatic carbocycles. The van der Waals surface area contributed by atoms with Gasteiger partial charge in [-0.25, -0.2) is 8.42 Å². The predicted molar refractivity (Wildman–Crippen MR) is 127 cm³/mol. The number of hydrogen-bond acceptors (Lipinski definition) is 6. The number of hydrogen-bond donors (Lipinski definition) is 0. The molecule has 0 N–H and O–H groups in total. The molecule has 2 aromatic carbocycles. The summed E-state index contributed by atoms with van der Waals surface area (Å²) < 4.78 is 36.5. The quantitative estimate of drug-likeness (QED) is 0.202. The Bertz CT molecular complexity index is 1210. The minimum atomic E-state index is -4.27. The molecule has 0 fully saturated rings. The van der Waals surface area contributed by atoms with Crippen LogP contribution in [0.4, 0.5) is 0 Å². The fourth-order valence-corrected chi connectivity index (χ4v) is 7.22. The second-order valence-electron chi connectivity index (χ2n) is 6.46. The topological polar surface area (TPSA) is 61.1 Å². The van der Waals surface area contributed by atoms with Gasteiger partial charge in [0.05, 0.1) is 4.90 Å². The van der Waals surface area contributed by atoms with Gasteiger partial charge >= 0.3 is 0 Å². The summed E-state index contributed by atoms with van der Waals surface area (Å²) in [7, 11) is -4.27. The van der Waals surface area contributed by atoms with Crippen molar-refractivity contribution < 1.29 is 17.5 Å². The number of benzene rings is 2. The van der Waals surface area contributed by atoms with Crippen LogP contribution in [0.25, 0.3) is 20.0 Å². The minimum Gasteiger partial charge on any atom is -0.744 e. The van der Waals surface area contributed by atoms with E-state index in [4.69, 9.17) is 0 Å². The molecular weight excluding hydrogens is 455 g/mol. The number of rotatable bonds is 5. The monoisotopic (exact) mass is 477 g/mol. The molecule has 158 valence electrons. The zero-order valence-electron chi connectivity index (χ0n) is 17.0. The maximum absolute atomic E-state index is 10.4. The summed E-state index contributed by atoms with van der Waals surface area (Å²) in [5, 5.41) is 0. The van der Waals surface area contributed by atoms with Gasteiger partial charge in [0.15, 0.2) is 0 Å². The Morgan fingerprint density at radius 2 is 1.67 bits per heavy atom. The van der Waals surface area contributed by atoms with Crippen LogP contribution in [0.1, 0.15) is 19.4 Å². The highest BCUT2D eigenvalue weighted by atomic mass is 32.2. The van der Waals surface area contributed by atoms with Gasteiger partial charge in [-0.05, 0) is 49.4 Å². The molecule has 2 aromatic heterocycles. The van der Waals surface area contributed by atoms with E-state index in [9.17, 15) is 13.0 Å². The zero-order valence-corrected chi connectivity index (χ0v) is 20.3. The maximum atomic E-state index is 10.4. The first-order valence-corrected chi connectivity index (χ1v) is 13.5. The lowest BCUT2D eigenvalue weighted by Crippen LogP contribution is -2.31. The van der Waals surface area contributed by atoms with Crippen LogP contribution in [0.3, 0.4) is 0 Å². The molecule has 8 heteroatoms. The minimum absolute atomic E-state index is 0.178. The van der Waals surface area contributed by atoms with E-state index >= 15 is 0 Å². The molecule has 0 atom stereocenters. The summed E-state index contributed by atoms with van der Waals surface area (Å²) in [6.07, 6.45) is 0. The summed E-state index contributed by atoms with van der Waals surface area (Å²) >= 11 is 5.78. The Morgan fingerprint density at radius 1 is 1.00 bits per heavy atom. The molecule has 0 aliphatic rings. The van der Waals surface area contributed by atoms with E-state index in [1.165, 1.54) is 36.4 Å². The molecule has 0 unspecified atom stereocenters. The lowest BCUT2D eigenvalue weighted by Gasteiger charge is -2.05. The molecule has 4 aromatic rings. The van der Waals surface area contributed by atoms with E-state index < -0.39 is 10.1 Å². The zero-order chi connectivity index (χ0) is 21.7. The van der Waals surface area contributed by atoms with Crippen molar-refractivity contribution in [3.8, 4) is 10.4 Å². The molecule has 0 bridgehead atoms. The van der Waals surface area contributed by atoms with Crippen LogP contribution in [0, 0.1) is 6.92 Å². The molecule has 2 heterocycles. The van der Waals surface area contributed by atoms with Gasteiger partial charge < -0.3 is 4.55 Å². The third-order valence-corrected chi connectivity index (χ3v) is 8.77. The highest BCUT2D eigenvalue weighted by molar-refractivity contribution is 8.00. The van der Waals surface area contributed by atoms with Crippen molar-refractivity contribution in [2.24, 2.45) is 0 Å². The molecule has 0 radical (unpaired) electrons. The second-order valence-corrected chi connectivity index (χ2v) is 11.4. The summed E-state index contributed by atoms with van der Waals surface area (Å²) in [5.41, 5.74) is 2.25. The van der Waals surface area contributed by atoms with Crippen LogP contribution >= 0.6 is 34.4 Å². The number of thiazole rings is 1. The van der Waals surface area contributed by atoms with Crippen molar-refractivity contribution in [2.75, 3.05) is 5.75 Å². The van der Waals surface area contributed by atoms with Gasteiger partial charge in [-0.1, -0.05) is 77.6 Å². The fourth-order valence-electron chi connectivity index (χ4n) is 2.81. The first-order valence-electron chi connectivity index (χ1n) is 9.50. The van der Waals surface area contributed by atoms with E-state index in [1.54, 1.807) is 12.1 Å². The molecule has 0 saturated heterocycles. The van der Waals surface area contributed by atoms with E-state index in [2.05, 4.69) is 54.8 Å². The standard InChI is InChI=1S/C15H16NS3.C7H8O3S/c1-3-16-14-13(19-15(16)17-4-2)10-12(18-14)11-8-6-5-7-9-11;1-6-2-4-7(5-3-6)11(8,9)10/h5-10H,3-4H2,1-2H3;2-5H,1H3,(H,8,9,10)/q+1;/p-1. The molecular formula is C22H23NO3S4. The molecule has 0 spiro atoms. The first kappa shape index (κ1) is 23.0. The number of thiophene rings is 1. The third kappa shape index (κ3) is 5.50. The lowest BCUT2D eigenvalue weighted by atomic mass is 10.2. The molecule has 0 saturated carbocycles. The number of thioether (sulfide) groups is 1. The largest absolute Gasteiger partial charge is 0.744 e. The molecule has 4 rings (SSSR count). The summed E-state index contributed by atoms with van der Waals surface area (Å²) in [6.45, 7) is 7.32. The van der Waals surface area contributed by atoms with Gasteiger partial charge in [-0.2, -0.15) is 4.57 Å². The second kappa shape index (κ2) is 10.1. The lowest BCUT2D eigenvalue weighted by molar-refractivity contribution is -0.696. The smallest absolute Gasteiger partial charge is 0.299 e. The van der Waals surface area contributed by atoms with Gasteiger partial charge in [0, 0.05) is 10.6 Å². The highest BCUT2D eigenvalue weighted by Gasteiger charge is 2.22. The van der Waals surface area contributed by atoms with Crippen molar-refractivity contribution in [3.05, 3.63) is 66.2 Å². The van der Waals surface area contributed by atoms with Crippen molar-refractivity contribution in [1.82, 2.24) is 0 Å². The van der Waals surface area contributed by atoms with Gasteiger partial charge in [0.1, 0.15) is 21.4 Å². The maximum Gasteiger partial charge on any atom is 0.299 e. The van der Waals surface area contributed by atoms with Crippen LogP contribution < -0.4 is 4.57 Å². The normalized spacial score (nSPS) is 11.3. The van der Waals surface area contributed by atoms with Gasteiger partial charge in [0.2, 0.25) is 0 Å². The van der Waals surface area contributed by atoms with E-state index in [0.717, 1.165) is 17.9 Å². The first-order chi connectivity index (χ1) is 14.3. The van der Waals surface area contributed by atoms with Crippen LogP contribution in [0.2, 0.25) is 0 Å². The Balaban J connectivity index is 0.000000199. The summed E-state index contributed by atoms with van der Waals surface area (Å²) in [6, 6.07) is 18.8. The summed E-state index contributed by atoms with van der Waals surface area (Å²) in [5.74, 6) is 1.14.